The van der Waals surface area contributed by atoms with Crippen molar-refractivity contribution in [2.45, 2.75) is 6.04 Å². The molecule has 1 aliphatic heterocycles. The van der Waals surface area contributed by atoms with Gasteiger partial charge in [0.2, 0.25) is 0 Å². The zero-order valence-electron chi connectivity index (χ0n) is 13.4. The number of methoxy groups -OCH3 is 2. The number of benzene rings is 1. The Kier molecular flexibility index (Phi) is 5.05. The Morgan fingerprint density at radius 3 is 2.61 bits per heavy atom. The summed E-state index contributed by atoms with van der Waals surface area (Å²) in [7, 11) is 3.21. The van der Waals surface area contributed by atoms with Crippen LogP contribution in [0.3, 0.4) is 0 Å². The van der Waals surface area contributed by atoms with E-state index in [1.165, 1.54) is 4.88 Å². The highest BCUT2D eigenvalue weighted by Crippen LogP contribution is 2.44. The number of hydrogen-bond acceptors (Lipinski definition) is 6. The summed E-state index contributed by atoms with van der Waals surface area (Å²) in [6.07, 6.45) is 0. The Bertz CT molecular complexity index is 640. The maximum absolute atomic E-state index is 10.6. The SMILES string of the molecule is COc1cc(O)c([C@@H](c2cccs2)N2CCNCC2)c(OC)c1. The van der Waals surface area contributed by atoms with E-state index >= 15 is 0 Å². The summed E-state index contributed by atoms with van der Waals surface area (Å²) in [5.41, 5.74) is 0.803. The number of piperazine rings is 1. The van der Waals surface area contributed by atoms with E-state index in [2.05, 4.69) is 21.7 Å². The highest BCUT2D eigenvalue weighted by Gasteiger charge is 2.30. The van der Waals surface area contributed by atoms with Crippen LogP contribution in [0.4, 0.5) is 0 Å². The normalized spacial score (nSPS) is 17.0. The van der Waals surface area contributed by atoms with Gasteiger partial charge < -0.3 is 19.9 Å². The zero-order valence-corrected chi connectivity index (χ0v) is 14.2. The lowest BCUT2D eigenvalue weighted by Crippen LogP contribution is -2.45. The number of nitrogens with zero attached hydrogens (tertiary/aromatic N) is 1. The number of phenols is 1. The van der Waals surface area contributed by atoms with Crippen LogP contribution in [0, 0.1) is 0 Å². The quantitative estimate of drug-likeness (QED) is 0.880. The van der Waals surface area contributed by atoms with Crippen molar-refractivity contribution in [3.05, 3.63) is 40.1 Å². The first-order chi connectivity index (χ1) is 11.2. The Balaban J connectivity index is 2.09. The van der Waals surface area contributed by atoms with Crippen LogP contribution in [0.25, 0.3) is 0 Å². The fraction of sp³-hybridized carbons (Fsp3) is 0.412. The molecule has 1 aromatic heterocycles. The molecule has 124 valence electrons. The van der Waals surface area contributed by atoms with Crippen molar-refractivity contribution in [1.29, 1.82) is 0 Å². The molecule has 2 heterocycles. The number of rotatable bonds is 5. The van der Waals surface area contributed by atoms with Crippen LogP contribution >= 0.6 is 11.3 Å². The molecule has 0 bridgehead atoms. The second kappa shape index (κ2) is 7.21. The van der Waals surface area contributed by atoms with Gasteiger partial charge >= 0.3 is 0 Å². The van der Waals surface area contributed by atoms with E-state index in [1.54, 1.807) is 31.6 Å². The summed E-state index contributed by atoms with van der Waals surface area (Å²) >= 11 is 1.70. The average molecular weight is 334 g/mol. The second-order valence-electron chi connectivity index (χ2n) is 5.47. The molecular weight excluding hydrogens is 312 g/mol. The predicted molar refractivity (Wildman–Crippen MR) is 91.8 cm³/mol. The van der Waals surface area contributed by atoms with Crippen LogP contribution in [-0.2, 0) is 0 Å². The molecule has 5 nitrogen and oxygen atoms in total. The molecule has 0 unspecified atom stereocenters. The Morgan fingerprint density at radius 2 is 2.00 bits per heavy atom. The van der Waals surface area contributed by atoms with E-state index in [9.17, 15) is 5.11 Å². The van der Waals surface area contributed by atoms with Crippen LogP contribution in [0.15, 0.2) is 29.6 Å². The van der Waals surface area contributed by atoms with E-state index < -0.39 is 0 Å². The molecule has 0 spiro atoms. The van der Waals surface area contributed by atoms with Crippen LogP contribution in [0.1, 0.15) is 16.5 Å². The molecule has 0 aliphatic carbocycles. The molecule has 0 radical (unpaired) electrons. The first-order valence-corrected chi connectivity index (χ1v) is 8.55. The first kappa shape index (κ1) is 16.1. The molecule has 2 aromatic rings. The lowest BCUT2D eigenvalue weighted by atomic mass is 10.00. The minimum Gasteiger partial charge on any atom is -0.507 e. The summed E-state index contributed by atoms with van der Waals surface area (Å²) in [5, 5.41) is 16.1. The number of nitrogens with one attached hydrogen (secondary N) is 1. The second-order valence-corrected chi connectivity index (χ2v) is 6.45. The van der Waals surface area contributed by atoms with Gasteiger partial charge in [-0.1, -0.05) is 6.07 Å². The standard InChI is InChI=1S/C17H22N2O3S/c1-21-12-10-13(20)16(14(11-12)22-2)17(15-4-3-9-23-15)19-7-5-18-6-8-19/h3-4,9-11,17-18,20H,5-8H2,1-2H3/t17-/m1/s1. The van der Waals surface area contributed by atoms with Crippen LogP contribution in [0.2, 0.25) is 0 Å². The molecule has 1 aliphatic rings. The number of thiophene rings is 1. The third kappa shape index (κ3) is 3.29. The topological polar surface area (TPSA) is 54.0 Å². The third-order valence-electron chi connectivity index (χ3n) is 4.15. The van der Waals surface area contributed by atoms with Crippen molar-refractivity contribution < 1.29 is 14.6 Å². The molecule has 6 heteroatoms. The molecule has 3 rings (SSSR count). The molecular formula is C17H22N2O3S. The van der Waals surface area contributed by atoms with Gasteiger partial charge in [0, 0.05) is 43.2 Å². The summed E-state index contributed by atoms with van der Waals surface area (Å²) in [6, 6.07) is 7.62. The van der Waals surface area contributed by atoms with Crippen molar-refractivity contribution in [2.24, 2.45) is 0 Å². The van der Waals surface area contributed by atoms with Crippen molar-refractivity contribution >= 4 is 11.3 Å². The summed E-state index contributed by atoms with van der Waals surface area (Å²) in [6.45, 7) is 3.75. The van der Waals surface area contributed by atoms with E-state index in [4.69, 9.17) is 9.47 Å². The highest BCUT2D eigenvalue weighted by molar-refractivity contribution is 7.10. The maximum Gasteiger partial charge on any atom is 0.131 e. The predicted octanol–water partition coefficient (Wildman–Crippen LogP) is 2.47. The van der Waals surface area contributed by atoms with E-state index in [0.29, 0.717) is 11.5 Å². The number of phenolic OH excluding ortho intramolecular Hbond substituents is 1. The third-order valence-corrected chi connectivity index (χ3v) is 5.08. The van der Waals surface area contributed by atoms with E-state index in [0.717, 1.165) is 31.7 Å². The molecule has 1 fully saturated rings. The van der Waals surface area contributed by atoms with Crippen LogP contribution in [0.5, 0.6) is 17.2 Å². The molecule has 23 heavy (non-hydrogen) atoms. The fourth-order valence-electron chi connectivity index (χ4n) is 3.04. The van der Waals surface area contributed by atoms with Gasteiger partial charge in [-0.05, 0) is 11.4 Å². The Hall–Kier alpha value is -1.76. The summed E-state index contributed by atoms with van der Waals surface area (Å²) in [5.74, 6) is 1.45. The van der Waals surface area contributed by atoms with Crippen molar-refractivity contribution in [3.63, 3.8) is 0 Å². The number of hydrogen-bond donors (Lipinski definition) is 2. The van der Waals surface area contributed by atoms with Crippen molar-refractivity contribution in [2.75, 3.05) is 40.4 Å². The summed E-state index contributed by atoms with van der Waals surface area (Å²) < 4.78 is 10.8. The largest absolute Gasteiger partial charge is 0.507 e. The van der Waals surface area contributed by atoms with Gasteiger partial charge in [-0.2, -0.15) is 0 Å². The first-order valence-electron chi connectivity index (χ1n) is 7.67. The van der Waals surface area contributed by atoms with Crippen molar-refractivity contribution in [3.8, 4) is 17.2 Å². The number of ether oxygens (including phenoxy) is 2. The van der Waals surface area contributed by atoms with Gasteiger partial charge in [0.1, 0.15) is 17.2 Å². The van der Waals surface area contributed by atoms with Crippen LogP contribution < -0.4 is 14.8 Å². The minimum atomic E-state index is -0.0158. The molecule has 0 saturated carbocycles. The Morgan fingerprint density at radius 1 is 1.22 bits per heavy atom. The lowest BCUT2D eigenvalue weighted by Gasteiger charge is -2.35. The smallest absolute Gasteiger partial charge is 0.131 e. The van der Waals surface area contributed by atoms with Gasteiger partial charge in [-0.15, -0.1) is 11.3 Å². The van der Waals surface area contributed by atoms with Crippen molar-refractivity contribution in [1.82, 2.24) is 10.2 Å². The Labute approximate surface area is 140 Å². The average Bonchev–Trinajstić information content (AvgIpc) is 3.11. The zero-order chi connectivity index (χ0) is 16.2. The molecule has 2 N–H and O–H groups in total. The lowest BCUT2D eigenvalue weighted by molar-refractivity contribution is 0.194. The summed E-state index contributed by atoms with van der Waals surface area (Å²) in [4.78, 5) is 3.58. The number of aromatic hydroxyl groups is 1. The van der Waals surface area contributed by atoms with Crippen LogP contribution in [-0.4, -0.2) is 50.4 Å². The fourth-order valence-corrected chi connectivity index (χ4v) is 3.91. The van der Waals surface area contributed by atoms with Gasteiger partial charge in [-0.3, -0.25) is 4.90 Å². The maximum atomic E-state index is 10.6. The monoisotopic (exact) mass is 334 g/mol. The molecule has 1 saturated heterocycles. The molecule has 1 aromatic carbocycles. The molecule has 0 amide bonds. The van der Waals surface area contributed by atoms with Gasteiger partial charge in [0.05, 0.1) is 25.8 Å². The van der Waals surface area contributed by atoms with Gasteiger partial charge in [0.25, 0.3) is 0 Å². The minimum absolute atomic E-state index is 0.0158. The van der Waals surface area contributed by atoms with Gasteiger partial charge in [-0.25, -0.2) is 0 Å². The van der Waals surface area contributed by atoms with Gasteiger partial charge in [0.15, 0.2) is 0 Å². The molecule has 1 atom stereocenters. The van der Waals surface area contributed by atoms with E-state index in [1.807, 2.05) is 12.1 Å². The van der Waals surface area contributed by atoms with E-state index in [-0.39, 0.29) is 11.8 Å². The highest BCUT2D eigenvalue weighted by atomic mass is 32.1.